The molecule has 0 saturated heterocycles. The second-order valence-electron chi connectivity index (χ2n) is 3.91. The highest BCUT2D eigenvalue weighted by molar-refractivity contribution is 5.87. The molecule has 0 aliphatic heterocycles. The summed E-state index contributed by atoms with van der Waals surface area (Å²) in [5.41, 5.74) is 9.78. The Labute approximate surface area is 95.4 Å². The average molecular weight is 231 g/mol. The van der Waals surface area contributed by atoms with Crippen LogP contribution in [0, 0.1) is 0 Å². The maximum absolute atomic E-state index is 11.6. The number of rotatable bonds is 7. The molecule has 2 amide bonds. The van der Waals surface area contributed by atoms with Gasteiger partial charge in [0, 0.05) is 0 Å². The van der Waals surface area contributed by atoms with E-state index in [0.717, 1.165) is 0 Å². The van der Waals surface area contributed by atoms with Crippen LogP contribution in [-0.2, 0) is 9.59 Å². The Kier molecular flexibility index (Phi) is 5.98. The second kappa shape index (κ2) is 6.44. The standard InChI is InChI=1S/C10H21N3O3/c1-3-10(4-2,6-14)13-9(16)7(11)5-8(12)15/h7,14H,3-6,11H2,1-2H3,(H2,12,15)(H,13,16). The van der Waals surface area contributed by atoms with E-state index in [-0.39, 0.29) is 13.0 Å². The molecule has 0 aliphatic rings. The molecule has 0 spiro atoms. The van der Waals surface area contributed by atoms with E-state index < -0.39 is 23.4 Å². The number of hydrogen-bond acceptors (Lipinski definition) is 4. The van der Waals surface area contributed by atoms with Gasteiger partial charge in [0.25, 0.3) is 0 Å². The number of nitrogens with one attached hydrogen (secondary N) is 1. The van der Waals surface area contributed by atoms with E-state index in [2.05, 4.69) is 5.32 Å². The molecule has 0 fully saturated rings. The lowest BCUT2D eigenvalue weighted by molar-refractivity contribution is -0.128. The van der Waals surface area contributed by atoms with Gasteiger partial charge in [-0.25, -0.2) is 0 Å². The van der Waals surface area contributed by atoms with Crippen molar-refractivity contribution in [2.24, 2.45) is 11.5 Å². The molecule has 0 heterocycles. The number of hydrogen-bond donors (Lipinski definition) is 4. The van der Waals surface area contributed by atoms with Crippen LogP contribution in [0.5, 0.6) is 0 Å². The number of aliphatic hydroxyl groups is 1. The first-order valence-electron chi connectivity index (χ1n) is 5.37. The Morgan fingerprint density at radius 2 is 1.88 bits per heavy atom. The molecule has 94 valence electrons. The summed E-state index contributed by atoms with van der Waals surface area (Å²) in [5.74, 6) is -1.08. The van der Waals surface area contributed by atoms with Gasteiger partial charge < -0.3 is 21.9 Å². The Morgan fingerprint density at radius 1 is 1.38 bits per heavy atom. The predicted molar refractivity (Wildman–Crippen MR) is 60.3 cm³/mol. The van der Waals surface area contributed by atoms with E-state index in [9.17, 15) is 14.7 Å². The highest BCUT2D eigenvalue weighted by Crippen LogP contribution is 2.14. The summed E-state index contributed by atoms with van der Waals surface area (Å²) >= 11 is 0. The van der Waals surface area contributed by atoms with Crippen LogP contribution in [0.25, 0.3) is 0 Å². The first-order chi connectivity index (χ1) is 7.40. The number of amides is 2. The molecular weight excluding hydrogens is 210 g/mol. The van der Waals surface area contributed by atoms with Gasteiger partial charge in [0.15, 0.2) is 0 Å². The quantitative estimate of drug-likeness (QED) is 0.442. The molecule has 0 aromatic rings. The molecule has 6 heteroatoms. The van der Waals surface area contributed by atoms with Gasteiger partial charge in [0.2, 0.25) is 11.8 Å². The number of aliphatic hydroxyl groups excluding tert-OH is 1. The molecular formula is C10H21N3O3. The fourth-order valence-corrected chi connectivity index (χ4v) is 1.35. The Balaban J connectivity index is 4.45. The van der Waals surface area contributed by atoms with E-state index in [1.807, 2.05) is 13.8 Å². The van der Waals surface area contributed by atoms with Crippen molar-refractivity contribution in [2.75, 3.05) is 6.61 Å². The van der Waals surface area contributed by atoms with Crippen molar-refractivity contribution in [1.82, 2.24) is 5.32 Å². The molecule has 0 aromatic heterocycles. The summed E-state index contributed by atoms with van der Waals surface area (Å²) in [6, 6.07) is -0.957. The zero-order valence-electron chi connectivity index (χ0n) is 9.82. The van der Waals surface area contributed by atoms with E-state index in [1.165, 1.54) is 0 Å². The topological polar surface area (TPSA) is 118 Å². The summed E-state index contributed by atoms with van der Waals surface area (Å²) in [6.07, 6.45) is 0.991. The SMILES string of the molecule is CCC(CC)(CO)NC(=O)C(N)CC(N)=O. The van der Waals surface area contributed by atoms with Crippen LogP contribution < -0.4 is 16.8 Å². The normalized spacial score (nSPS) is 13.2. The number of primary amides is 1. The minimum Gasteiger partial charge on any atom is -0.394 e. The van der Waals surface area contributed by atoms with Crippen LogP contribution in [0.1, 0.15) is 33.1 Å². The van der Waals surface area contributed by atoms with E-state index in [1.54, 1.807) is 0 Å². The van der Waals surface area contributed by atoms with Crippen molar-refractivity contribution in [2.45, 2.75) is 44.7 Å². The van der Waals surface area contributed by atoms with Gasteiger partial charge in [-0.3, -0.25) is 9.59 Å². The number of carbonyl (C=O) groups excluding carboxylic acids is 2. The Morgan fingerprint density at radius 3 is 2.19 bits per heavy atom. The van der Waals surface area contributed by atoms with Crippen LogP contribution >= 0.6 is 0 Å². The smallest absolute Gasteiger partial charge is 0.237 e. The molecule has 16 heavy (non-hydrogen) atoms. The summed E-state index contributed by atoms with van der Waals surface area (Å²) in [4.78, 5) is 22.2. The van der Waals surface area contributed by atoms with Crippen molar-refractivity contribution in [3.8, 4) is 0 Å². The maximum atomic E-state index is 11.6. The van der Waals surface area contributed by atoms with Gasteiger partial charge in [-0.2, -0.15) is 0 Å². The largest absolute Gasteiger partial charge is 0.394 e. The van der Waals surface area contributed by atoms with E-state index in [0.29, 0.717) is 12.8 Å². The van der Waals surface area contributed by atoms with Crippen LogP contribution in [0.15, 0.2) is 0 Å². The van der Waals surface area contributed by atoms with E-state index >= 15 is 0 Å². The monoisotopic (exact) mass is 231 g/mol. The van der Waals surface area contributed by atoms with E-state index in [4.69, 9.17) is 11.5 Å². The van der Waals surface area contributed by atoms with Gasteiger partial charge in [-0.05, 0) is 12.8 Å². The maximum Gasteiger partial charge on any atom is 0.237 e. The van der Waals surface area contributed by atoms with Crippen molar-refractivity contribution < 1.29 is 14.7 Å². The minimum absolute atomic E-state index is 0.158. The molecule has 1 atom stereocenters. The van der Waals surface area contributed by atoms with Crippen LogP contribution in [0.3, 0.4) is 0 Å². The fourth-order valence-electron chi connectivity index (χ4n) is 1.35. The highest BCUT2D eigenvalue weighted by atomic mass is 16.3. The van der Waals surface area contributed by atoms with Crippen molar-refractivity contribution >= 4 is 11.8 Å². The second-order valence-corrected chi connectivity index (χ2v) is 3.91. The average Bonchev–Trinajstić information content (AvgIpc) is 2.25. The molecule has 6 N–H and O–H groups in total. The third-order valence-electron chi connectivity index (χ3n) is 2.80. The molecule has 6 nitrogen and oxygen atoms in total. The van der Waals surface area contributed by atoms with Crippen molar-refractivity contribution in [3.63, 3.8) is 0 Å². The third kappa shape index (κ3) is 4.16. The van der Waals surface area contributed by atoms with Crippen LogP contribution in [-0.4, -0.2) is 35.1 Å². The number of nitrogens with two attached hydrogens (primary N) is 2. The molecule has 0 aromatic carbocycles. The van der Waals surface area contributed by atoms with Crippen LogP contribution in [0.2, 0.25) is 0 Å². The third-order valence-corrected chi connectivity index (χ3v) is 2.80. The summed E-state index contributed by atoms with van der Waals surface area (Å²) in [5, 5.41) is 11.9. The lowest BCUT2D eigenvalue weighted by Gasteiger charge is -2.31. The summed E-state index contributed by atoms with van der Waals surface area (Å²) < 4.78 is 0. The predicted octanol–water partition coefficient (Wildman–Crippen LogP) is -1.14. The first-order valence-corrected chi connectivity index (χ1v) is 5.37. The first kappa shape index (κ1) is 14.9. The van der Waals surface area contributed by atoms with Gasteiger partial charge in [-0.1, -0.05) is 13.8 Å². The lowest BCUT2D eigenvalue weighted by Crippen LogP contribution is -2.55. The Hall–Kier alpha value is -1.14. The molecule has 1 unspecified atom stereocenters. The summed E-state index contributed by atoms with van der Waals surface area (Å²) in [6.45, 7) is 3.56. The zero-order valence-corrected chi connectivity index (χ0v) is 9.82. The van der Waals surface area contributed by atoms with Gasteiger partial charge in [0.05, 0.1) is 24.6 Å². The van der Waals surface area contributed by atoms with Crippen LogP contribution in [0.4, 0.5) is 0 Å². The molecule has 0 aliphatic carbocycles. The highest BCUT2D eigenvalue weighted by Gasteiger charge is 2.29. The minimum atomic E-state index is -0.957. The van der Waals surface area contributed by atoms with Gasteiger partial charge >= 0.3 is 0 Å². The van der Waals surface area contributed by atoms with Crippen molar-refractivity contribution in [1.29, 1.82) is 0 Å². The van der Waals surface area contributed by atoms with Gasteiger partial charge in [-0.15, -0.1) is 0 Å². The van der Waals surface area contributed by atoms with Gasteiger partial charge in [0.1, 0.15) is 0 Å². The number of carbonyl (C=O) groups is 2. The zero-order chi connectivity index (χ0) is 12.8. The molecule has 0 bridgehead atoms. The molecule has 0 rings (SSSR count). The Bertz CT molecular complexity index is 243. The van der Waals surface area contributed by atoms with Crippen molar-refractivity contribution in [3.05, 3.63) is 0 Å². The fraction of sp³-hybridized carbons (Fsp3) is 0.800. The molecule has 0 saturated carbocycles. The molecule has 0 radical (unpaired) electrons. The summed E-state index contributed by atoms with van der Waals surface area (Å²) in [7, 11) is 0. The lowest BCUT2D eigenvalue weighted by atomic mass is 9.93.